The number of carbonyl (C=O) groups excluding carboxylic acids is 1. The molecule has 1 N–H and O–H groups in total. The molecule has 0 fully saturated rings. The Kier molecular flexibility index (Phi) is 4.68. The number of amides is 1. The number of carbonyl (C=O) groups is 1. The molecule has 25 heavy (non-hydrogen) atoms. The minimum Gasteiger partial charge on any atom is -0.344 e. The predicted octanol–water partition coefficient (Wildman–Crippen LogP) is 2.49. The second kappa shape index (κ2) is 6.91. The lowest BCUT2D eigenvalue weighted by Crippen LogP contribution is -2.32. The molecular formula is C19H17N3O2S. The van der Waals surface area contributed by atoms with Crippen LogP contribution < -0.4 is 10.9 Å². The molecule has 0 radical (unpaired) electrons. The van der Waals surface area contributed by atoms with Crippen LogP contribution in [-0.2, 0) is 11.3 Å². The normalized spacial score (nSPS) is 10.6. The van der Waals surface area contributed by atoms with Crippen LogP contribution >= 0.6 is 11.3 Å². The van der Waals surface area contributed by atoms with Gasteiger partial charge in [0.05, 0.1) is 18.3 Å². The SMILES string of the molecule is C#CCNC(=O)Cn1cnc2scc(-c3ccc(C)c(C)c3)c2c1=O. The molecule has 126 valence electrons. The number of fused-ring (bicyclic) bond motifs is 1. The number of aromatic nitrogens is 2. The van der Waals surface area contributed by atoms with Crippen LogP contribution in [0, 0.1) is 26.2 Å². The van der Waals surface area contributed by atoms with Gasteiger partial charge in [-0.15, -0.1) is 17.8 Å². The van der Waals surface area contributed by atoms with Crippen molar-refractivity contribution in [2.45, 2.75) is 20.4 Å². The number of nitrogens with zero attached hydrogens (tertiary/aromatic N) is 2. The van der Waals surface area contributed by atoms with E-state index in [1.807, 2.05) is 31.4 Å². The summed E-state index contributed by atoms with van der Waals surface area (Å²) in [5.41, 5.74) is 3.95. The van der Waals surface area contributed by atoms with Crippen molar-refractivity contribution in [2.75, 3.05) is 6.54 Å². The third kappa shape index (κ3) is 3.32. The highest BCUT2D eigenvalue weighted by Crippen LogP contribution is 2.31. The van der Waals surface area contributed by atoms with E-state index < -0.39 is 0 Å². The van der Waals surface area contributed by atoms with Crippen molar-refractivity contribution in [1.29, 1.82) is 0 Å². The maximum absolute atomic E-state index is 12.9. The second-order valence-electron chi connectivity index (χ2n) is 5.79. The summed E-state index contributed by atoms with van der Waals surface area (Å²) in [5.74, 6) is 2.02. The topological polar surface area (TPSA) is 64.0 Å². The van der Waals surface area contributed by atoms with Crippen molar-refractivity contribution in [3.63, 3.8) is 0 Å². The van der Waals surface area contributed by atoms with E-state index >= 15 is 0 Å². The first-order valence-electron chi connectivity index (χ1n) is 7.75. The maximum Gasteiger partial charge on any atom is 0.263 e. The minimum absolute atomic E-state index is 0.105. The molecule has 0 aliphatic rings. The Hall–Kier alpha value is -2.91. The van der Waals surface area contributed by atoms with Crippen LogP contribution in [0.4, 0.5) is 0 Å². The monoisotopic (exact) mass is 351 g/mol. The van der Waals surface area contributed by atoms with E-state index in [4.69, 9.17) is 6.42 Å². The van der Waals surface area contributed by atoms with Crippen LogP contribution in [0.15, 0.2) is 34.7 Å². The molecule has 3 aromatic rings. The van der Waals surface area contributed by atoms with Gasteiger partial charge in [0, 0.05) is 10.9 Å². The molecule has 0 unspecified atom stereocenters. The molecule has 0 saturated carbocycles. The molecule has 0 aliphatic heterocycles. The molecule has 6 heteroatoms. The number of benzene rings is 1. The van der Waals surface area contributed by atoms with Gasteiger partial charge >= 0.3 is 0 Å². The van der Waals surface area contributed by atoms with Crippen LogP contribution in [0.1, 0.15) is 11.1 Å². The first-order valence-corrected chi connectivity index (χ1v) is 8.63. The zero-order valence-corrected chi connectivity index (χ0v) is 14.8. The van der Waals surface area contributed by atoms with E-state index in [2.05, 4.69) is 22.3 Å². The van der Waals surface area contributed by atoms with Gasteiger partial charge in [0.1, 0.15) is 11.4 Å². The molecule has 0 saturated heterocycles. The molecule has 3 rings (SSSR count). The lowest BCUT2D eigenvalue weighted by molar-refractivity contribution is -0.121. The Labute approximate surface area is 149 Å². The number of nitrogens with one attached hydrogen (secondary N) is 1. The van der Waals surface area contributed by atoms with E-state index in [0.717, 1.165) is 16.7 Å². The number of rotatable bonds is 4. The highest BCUT2D eigenvalue weighted by molar-refractivity contribution is 7.17. The molecule has 0 aliphatic carbocycles. The number of hydrogen-bond donors (Lipinski definition) is 1. The van der Waals surface area contributed by atoms with E-state index in [-0.39, 0.29) is 24.6 Å². The Bertz CT molecular complexity index is 1060. The summed E-state index contributed by atoms with van der Waals surface area (Å²) in [6.07, 6.45) is 6.53. The fourth-order valence-electron chi connectivity index (χ4n) is 2.56. The van der Waals surface area contributed by atoms with E-state index in [9.17, 15) is 9.59 Å². The summed E-state index contributed by atoms with van der Waals surface area (Å²) in [6, 6.07) is 6.10. The van der Waals surface area contributed by atoms with Crippen LogP contribution in [-0.4, -0.2) is 22.0 Å². The molecule has 2 heterocycles. The summed E-state index contributed by atoms with van der Waals surface area (Å²) in [7, 11) is 0. The van der Waals surface area contributed by atoms with Crippen molar-refractivity contribution in [3.8, 4) is 23.5 Å². The number of terminal acetylenes is 1. The fraction of sp³-hybridized carbons (Fsp3) is 0.211. The predicted molar refractivity (Wildman–Crippen MR) is 101 cm³/mol. The highest BCUT2D eigenvalue weighted by Gasteiger charge is 2.15. The van der Waals surface area contributed by atoms with Crippen LogP contribution in [0.3, 0.4) is 0 Å². The van der Waals surface area contributed by atoms with Gasteiger partial charge in [0.25, 0.3) is 5.56 Å². The van der Waals surface area contributed by atoms with Gasteiger partial charge in [-0.25, -0.2) is 4.98 Å². The minimum atomic E-state index is -0.316. The van der Waals surface area contributed by atoms with E-state index in [1.54, 1.807) is 0 Å². The quantitative estimate of drug-likeness (QED) is 0.735. The summed E-state index contributed by atoms with van der Waals surface area (Å²) in [6.45, 7) is 4.12. The van der Waals surface area contributed by atoms with Gasteiger partial charge in [0.2, 0.25) is 5.91 Å². The molecule has 1 amide bonds. The smallest absolute Gasteiger partial charge is 0.263 e. The number of aryl methyl sites for hydroxylation is 2. The third-order valence-electron chi connectivity index (χ3n) is 4.08. The van der Waals surface area contributed by atoms with Crippen molar-refractivity contribution < 1.29 is 4.79 Å². The molecule has 0 atom stereocenters. The molecule has 0 spiro atoms. The third-order valence-corrected chi connectivity index (χ3v) is 4.97. The highest BCUT2D eigenvalue weighted by atomic mass is 32.1. The fourth-order valence-corrected chi connectivity index (χ4v) is 3.47. The first-order chi connectivity index (χ1) is 12.0. The van der Waals surface area contributed by atoms with Gasteiger partial charge in [-0.3, -0.25) is 14.2 Å². The molecular weight excluding hydrogens is 334 g/mol. The Balaban J connectivity index is 2.06. The van der Waals surface area contributed by atoms with Crippen LogP contribution in [0.2, 0.25) is 0 Å². The molecule has 0 bridgehead atoms. The summed E-state index contributed by atoms with van der Waals surface area (Å²) >= 11 is 1.42. The van der Waals surface area contributed by atoms with Gasteiger partial charge in [0.15, 0.2) is 0 Å². The number of thiophene rings is 1. The standard InChI is InChI=1S/C19H17N3O2S/c1-4-7-20-16(23)9-22-11-21-18-17(19(22)24)15(10-25-18)14-6-5-12(2)13(3)8-14/h1,5-6,8,10-11H,7,9H2,2-3H3,(H,20,23). The maximum atomic E-state index is 12.9. The van der Waals surface area contributed by atoms with E-state index in [0.29, 0.717) is 10.2 Å². The van der Waals surface area contributed by atoms with Gasteiger partial charge in [-0.05, 0) is 30.5 Å². The van der Waals surface area contributed by atoms with Gasteiger partial charge in [-0.2, -0.15) is 0 Å². The second-order valence-corrected chi connectivity index (χ2v) is 6.65. The molecule has 2 aromatic heterocycles. The molecule has 1 aromatic carbocycles. The summed E-state index contributed by atoms with van der Waals surface area (Å²) in [4.78, 5) is 29.7. The van der Waals surface area contributed by atoms with E-state index in [1.165, 1.54) is 27.8 Å². The lowest BCUT2D eigenvalue weighted by Gasteiger charge is -2.07. The Morgan fingerprint density at radius 3 is 2.88 bits per heavy atom. The van der Waals surface area contributed by atoms with Crippen molar-refractivity contribution in [2.24, 2.45) is 0 Å². The van der Waals surface area contributed by atoms with Crippen molar-refractivity contribution >= 4 is 27.5 Å². The van der Waals surface area contributed by atoms with Gasteiger partial charge in [-0.1, -0.05) is 24.1 Å². The average molecular weight is 351 g/mol. The zero-order valence-electron chi connectivity index (χ0n) is 14.0. The van der Waals surface area contributed by atoms with Crippen LogP contribution in [0.5, 0.6) is 0 Å². The lowest BCUT2D eigenvalue weighted by atomic mass is 10.0. The molecule has 5 nitrogen and oxygen atoms in total. The number of hydrogen-bond acceptors (Lipinski definition) is 4. The first kappa shape index (κ1) is 16.9. The van der Waals surface area contributed by atoms with Crippen molar-refractivity contribution in [1.82, 2.24) is 14.9 Å². The Morgan fingerprint density at radius 2 is 2.16 bits per heavy atom. The summed E-state index contributed by atoms with van der Waals surface area (Å²) in [5, 5.41) is 5.03. The Morgan fingerprint density at radius 1 is 1.36 bits per heavy atom. The van der Waals surface area contributed by atoms with Crippen LogP contribution in [0.25, 0.3) is 21.3 Å². The zero-order chi connectivity index (χ0) is 18.0. The summed E-state index contributed by atoms with van der Waals surface area (Å²) < 4.78 is 1.31. The average Bonchev–Trinajstić information content (AvgIpc) is 3.03. The van der Waals surface area contributed by atoms with Crippen molar-refractivity contribution in [3.05, 3.63) is 51.4 Å². The van der Waals surface area contributed by atoms with Gasteiger partial charge < -0.3 is 5.32 Å². The largest absolute Gasteiger partial charge is 0.344 e.